The minimum Gasteiger partial charge on any atom is -0.466 e. The van der Waals surface area contributed by atoms with Crippen LogP contribution in [0.5, 0.6) is 0 Å². The van der Waals surface area contributed by atoms with E-state index in [2.05, 4.69) is 0 Å². The standard InChI is InChI=1S/C10H18O3/c1-4-13-8(11)7-10(3,12)9(2)5-6-9/h12H,4-7H2,1-3H3. The van der Waals surface area contributed by atoms with E-state index < -0.39 is 5.60 Å². The van der Waals surface area contributed by atoms with Crippen LogP contribution in [0.4, 0.5) is 0 Å². The zero-order valence-electron chi connectivity index (χ0n) is 8.59. The summed E-state index contributed by atoms with van der Waals surface area (Å²) < 4.78 is 4.80. The second-order valence-corrected chi connectivity index (χ2v) is 4.32. The molecule has 76 valence electrons. The smallest absolute Gasteiger partial charge is 0.308 e. The van der Waals surface area contributed by atoms with Crippen molar-refractivity contribution in [2.24, 2.45) is 5.41 Å². The average Bonchev–Trinajstić information content (AvgIpc) is 2.68. The van der Waals surface area contributed by atoms with E-state index in [0.717, 1.165) is 12.8 Å². The Bertz CT molecular complexity index is 204. The number of hydrogen-bond acceptors (Lipinski definition) is 3. The highest BCUT2D eigenvalue weighted by atomic mass is 16.5. The third-order valence-electron chi connectivity index (χ3n) is 3.09. The van der Waals surface area contributed by atoms with Crippen molar-refractivity contribution < 1.29 is 14.6 Å². The van der Waals surface area contributed by atoms with Gasteiger partial charge >= 0.3 is 5.97 Å². The molecule has 0 aromatic heterocycles. The van der Waals surface area contributed by atoms with Crippen molar-refractivity contribution in [2.75, 3.05) is 6.61 Å². The van der Waals surface area contributed by atoms with Crippen LogP contribution in [0, 0.1) is 5.41 Å². The number of carbonyl (C=O) groups is 1. The molecular weight excluding hydrogens is 168 g/mol. The molecule has 1 N–H and O–H groups in total. The molecule has 0 aromatic rings. The molecule has 1 unspecified atom stereocenters. The van der Waals surface area contributed by atoms with E-state index >= 15 is 0 Å². The van der Waals surface area contributed by atoms with Gasteiger partial charge in [-0.25, -0.2) is 0 Å². The Morgan fingerprint density at radius 1 is 1.62 bits per heavy atom. The van der Waals surface area contributed by atoms with E-state index in [4.69, 9.17) is 4.74 Å². The highest BCUT2D eigenvalue weighted by Gasteiger charge is 2.53. The van der Waals surface area contributed by atoms with Gasteiger partial charge in [0.2, 0.25) is 0 Å². The van der Waals surface area contributed by atoms with Gasteiger partial charge in [0.25, 0.3) is 0 Å². The minimum atomic E-state index is -0.904. The van der Waals surface area contributed by atoms with E-state index in [9.17, 15) is 9.90 Å². The number of ether oxygens (including phenoxy) is 1. The van der Waals surface area contributed by atoms with Crippen molar-refractivity contribution in [3.63, 3.8) is 0 Å². The maximum absolute atomic E-state index is 11.2. The van der Waals surface area contributed by atoms with Crippen molar-refractivity contribution in [2.45, 2.75) is 45.6 Å². The van der Waals surface area contributed by atoms with Crippen molar-refractivity contribution in [1.29, 1.82) is 0 Å². The molecule has 0 saturated heterocycles. The summed E-state index contributed by atoms with van der Waals surface area (Å²) in [7, 11) is 0. The van der Waals surface area contributed by atoms with Crippen LogP contribution in [0.1, 0.15) is 40.0 Å². The molecule has 0 spiro atoms. The van der Waals surface area contributed by atoms with Crippen molar-refractivity contribution in [3.05, 3.63) is 0 Å². The third kappa shape index (κ3) is 2.21. The van der Waals surface area contributed by atoms with E-state index in [1.54, 1.807) is 13.8 Å². The highest BCUT2D eigenvalue weighted by molar-refractivity contribution is 5.70. The second-order valence-electron chi connectivity index (χ2n) is 4.32. The first-order valence-corrected chi connectivity index (χ1v) is 4.79. The zero-order valence-corrected chi connectivity index (χ0v) is 8.59. The SMILES string of the molecule is CCOC(=O)CC(C)(O)C1(C)CC1. The lowest BCUT2D eigenvalue weighted by Gasteiger charge is -2.29. The van der Waals surface area contributed by atoms with Gasteiger partial charge in [-0.15, -0.1) is 0 Å². The third-order valence-corrected chi connectivity index (χ3v) is 3.09. The van der Waals surface area contributed by atoms with Crippen LogP contribution in [-0.2, 0) is 9.53 Å². The predicted octanol–water partition coefficient (Wildman–Crippen LogP) is 1.49. The van der Waals surface area contributed by atoms with Gasteiger partial charge in [-0.3, -0.25) is 4.79 Å². The number of carbonyl (C=O) groups excluding carboxylic acids is 1. The number of rotatable bonds is 4. The average molecular weight is 186 g/mol. The summed E-state index contributed by atoms with van der Waals surface area (Å²) in [5.74, 6) is -0.305. The predicted molar refractivity (Wildman–Crippen MR) is 49.2 cm³/mol. The van der Waals surface area contributed by atoms with Gasteiger partial charge < -0.3 is 9.84 Å². The Morgan fingerprint density at radius 3 is 2.54 bits per heavy atom. The molecule has 1 rings (SSSR count). The Balaban J connectivity index is 2.47. The molecule has 1 saturated carbocycles. The second kappa shape index (κ2) is 3.29. The van der Waals surface area contributed by atoms with Crippen LogP contribution < -0.4 is 0 Å². The maximum Gasteiger partial charge on any atom is 0.308 e. The quantitative estimate of drug-likeness (QED) is 0.677. The first-order valence-electron chi connectivity index (χ1n) is 4.79. The van der Waals surface area contributed by atoms with E-state index in [0.29, 0.717) is 6.61 Å². The summed E-state index contributed by atoms with van der Waals surface area (Å²) in [6, 6.07) is 0. The summed E-state index contributed by atoms with van der Waals surface area (Å²) in [4.78, 5) is 11.2. The van der Waals surface area contributed by atoms with Gasteiger partial charge in [0, 0.05) is 0 Å². The van der Waals surface area contributed by atoms with Gasteiger partial charge in [-0.05, 0) is 32.1 Å². The first-order chi connectivity index (χ1) is 5.91. The van der Waals surface area contributed by atoms with Gasteiger partial charge in [-0.2, -0.15) is 0 Å². The monoisotopic (exact) mass is 186 g/mol. The van der Waals surface area contributed by atoms with E-state index in [-0.39, 0.29) is 17.8 Å². The molecule has 0 heterocycles. The number of esters is 1. The fourth-order valence-electron chi connectivity index (χ4n) is 1.43. The van der Waals surface area contributed by atoms with Gasteiger partial charge in [0.15, 0.2) is 0 Å². The van der Waals surface area contributed by atoms with Crippen LogP contribution >= 0.6 is 0 Å². The fraction of sp³-hybridized carbons (Fsp3) is 0.900. The minimum absolute atomic E-state index is 0.0697. The van der Waals surface area contributed by atoms with Crippen LogP contribution in [-0.4, -0.2) is 23.3 Å². The molecule has 0 radical (unpaired) electrons. The van der Waals surface area contributed by atoms with Crippen LogP contribution in [0.25, 0.3) is 0 Å². The lowest BCUT2D eigenvalue weighted by atomic mass is 9.85. The van der Waals surface area contributed by atoms with Crippen molar-refractivity contribution in [3.8, 4) is 0 Å². The first kappa shape index (κ1) is 10.5. The lowest BCUT2D eigenvalue weighted by molar-refractivity contribution is -0.150. The molecule has 1 fully saturated rings. The van der Waals surface area contributed by atoms with Crippen molar-refractivity contribution in [1.82, 2.24) is 0 Å². The van der Waals surface area contributed by atoms with E-state index in [1.165, 1.54) is 0 Å². The molecule has 1 aliphatic rings. The topological polar surface area (TPSA) is 46.5 Å². The Morgan fingerprint density at radius 2 is 2.15 bits per heavy atom. The molecule has 13 heavy (non-hydrogen) atoms. The van der Waals surface area contributed by atoms with Crippen LogP contribution in [0.2, 0.25) is 0 Å². The zero-order chi connectivity index (χ0) is 10.1. The van der Waals surface area contributed by atoms with Crippen molar-refractivity contribution >= 4 is 5.97 Å². The summed E-state index contributed by atoms with van der Waals surface area (Å²) in [6.45, 7) is 5.88. The number of aliphatic hydroxyl groups is 1. The summed E-state index contributed by atoms with van der Waals surface area (Å²) in [5.41, 5.74) is -0.973. The Labute approximate surface area is 79.1 Å². The maximum atomic E-state index is 11.2. The van der Waals surface area contributed by atoms with Crippen LogP contribution in [0.3, 0.4) is 0 Å². The molecule has 3 heteroatoms. The largest absolute Gasteiger partial charge is 0.466 e. The van der Waals surface area contributed by atoms with Gasteiger partial charge in [0.05, 0.1) is 18.6 Å². The molecule has 0 aliphatic heterocycles. The fourth-order valence-corrected chi connectivity index (χ4v) is 1.43. The molecule has 1 atom stereocenters. The Kier molecular flexibility index (Phi) is 2.66. The molecule has 0 bridgehead atoms. The highest BCUT2D eigenvalue weighted by Crippen LogP contribution is 2.54. The number of hydrogen-bond donors (Lipinski definition) is 1. The summed E-state index contributed by atoms with van der Waals surface area (Å²) in [6.07, 6.45) is 2.11. The molecule has 0 aromatic carbocycles. The van der Waals surface area contributed by atoms with Crippen LogP contribution in [0.15, 0.2) is 0 Å². The summed E-state index contributed by atoms with van der Waals surface area (Å²) in [5, 5.41) is 10.0. The molecule has 0 amide bonds. The van der Waals surface area contributed by atoms with Gasteiger partial charge in [-0.1, -0.05) is 6.92 Å². The van der Waals surface area contributed by atoms with Gasteiger partial charge in [0.1, 0.15) is 0 Å². The van der Waals surface area contributed by atoms with E-state index in [1.807, 2.05) is 6.92 Å². The molecule has 3 nitrogen and oxygen atoms in total. The summed E-state index contributed by atoms with van der Waals surface area (Å²) >= 11 is 0. The normalized spacial score (nSPS) is 23.4. The molecular formula is C10H18O3. The molecule has 1 aliphatic carbocycles. The Hall–Kier alpha value is -0.570. The lowest BCUT2D eigenvalue weighted by Crippen LogP contribution is -2.37.